The highest BCUT2D eigenvalue weighted by Crippen LogP contribution is 2.46. The van der Waals surface area contributed by atoms with E-state index in [2.05, 4.69) is 50.8 Å². The van der Waals surface area contributed by atoms with Crippen molar-refractivity contribution in [2.45, 2.75) is 75.0 Å². The molecule has 1 aliphatic carbocycles. The van der Waals surface area contributed by atoms with Crippen molar-refractivity contribution < 1.29 is 42.2 Å². The van der Waals surface area contributed by atoms with Gasteiger partial charge in [-0.05, 0) is 102 Å². The molecule has 382 valence electrons. The normalized spacial score (nSPS) is 21.8. The smallest absolute Gasteiger partial charge is 0.293 e. The number of carbonyl (C=O) groups is 1. The minimum atomic E-state index is -4.67. The van der Waals surface area contributed by atoms with Gasteiger partial charge in [0, 0.05) is 107 Å². The molecule has 1 amide bonds. The van der Waals surface area contributed by atoms with Gasteiger partial charge in [-0.1, -0.05) is 37.6 Å². The van der Waals surface area contributed by atoms with Gasteiger partial charge in [-0.15, -0.1) is 0 Å². The van der Waals surface area contributed by atoms with Gasteiger partial charge in [0.05, 0.1) is 52.0 Å². The van der Waals surface area contributed by atoms with Gasteiger partial charge >= 0.3 is 0 Å². The number of rotatable bonds is 10. The number of carbonyl (C=O) groups excluding carboxylic acids is 1. The maximum absolute atomic E-state index is 14.6. The summed E-state index contributed by atoms with van der Waals surface area (Å²) >= 11 is 6.37. The highest BCUT2D eigenvalue weighted by atomic mass is 35.5. The van der Waals surface area contributed by atoms with Crippen LogP contribution in [0.1, 0.15) is 68.3 Å². The number of sulfonamides is 1. The van der Waals surface area contributed by atoms with E-state index in [1.165, 1.54) is 23.3 Å². The molecular formula is C52H61ClN8O10S. The van der Waals surface area contributed by atoms with Gasteiger partial charge in [0.1, 0.15) is 17.0 Å². The Morgan fingerprint density at radius 3 is 2.58 bits per heavy atom. The molecular weight excluding hydrogens is 964 g/mol. The Hall–Kier alpha value is -5.80. The molecule has 0 radical (unpaired) electrons. The Kier molecular flexibility index (Phi) is 14.2. The number of nitrogens with one attached hydrogen (secondary N) is 3. The predicted octanol–water partition coefficient (Wildman–Crippen LogP) is 7.69. The largest absolute Gasteiger partial charge is 0.476 e. The number of fused-ring (bicyclic) bond motifs is 4. The van der Waals surface area contributed by atoms with E-state index < -0.39 is 37.0 Å². The number of hydrogen-bond acceptors (Lipinski definition) is 15. The second kappa shape index (κ2) is 20.6. The Morgan fingerprint density at radius 1 is 0.958 bits per heavy atom. The predicted molar refractivity (Wildman–Crippen MR) is 275 cm³/mol. The molecule has 18 nitrogen and oxygen atoms in total. The molecule has 5 aliphatic rings. The first-order valence-corrected chi connectivity index (χ1v) is 26.6. The zero-order valence-electron chi connectivity index (χ0n) is 40.5. The molecule has 3 aromatic carbocycles. The van der Waals surface area contributed by atoms with E-state index in [1.807, 2.05) is 41.3 Å². The van der Waals surface area contributed by atoms with Crippen molar-refractivity contribution in [1.82, 2.24) is 19.6 Å². The third kappa shape index (κ3) is 10.8. The van der Waals surface area contributed by atoms with Crippen molar-refractivity contribution in [1.29, 1.82) is 0 Å². The Balaban J connectivity index is 0.968. The number of hydrogen-bond donors (Lipinski definition) is 4. The summed E-state index contributed by atoms with van der Waals surface area (Å²) < 4.78 is 55.0. The van der Waals surface area contributed by atoms with Gasteiger partial charge in [0.15, 0.2) is 0 Å². The van der Waals surface area contributed by atoms with Crippen LogP contribution in [0.4, 0.5) is 28.4 Å². The Labute approximate surface area is 423 Å². The summed E-state index contributed by atoms with van der Waals surface area (Å²) in [6.07, 6.45) is 5.58. The number of allylic oxidation sites excluding steroid dienone is 1. The molecule has 0 unspecified atom stereocenters. The molecule has 4 aliphatic heterocycles. The van der Waals surface area contributed by atoms with Gasteiger partial charge in [0.2, 0.25) is 5.88 Å². The number of nitro groups is 1. The van der Waals surface area contributed by atoms with Gasteiger partial charge in [-0.2, -0.15) is 4.98 Å². The topological polar surface area (TPSA) is 214 Å². The van der Waals surface area contributed by atoms with E-state index in [0.29, 0.717) is 120 Å². The van der Waals surface area contributed by atoms with Gasteiger partial charge in [-0.3, -0.25) is 19.8 Å². The average molecular weight is 1030 g/mol. The molecule has 5 aromatic rings. The van der Waals surface area contributed by atoms with E-state index in [1.54, 1.807) is 12.3 Å². The fraction of sp³-hybridized carbons (Fsp3) is 0.462. The number of benzene rings is 3. The van der Waals surface area contributed by atoms with Crippen LogP contribution in [0.25, 0.3) is 16.6 Å². The molecule has 0 spiro atoms. The molecule has 2 atom stereocenters. The maximum atomic E-state index is 14.6. The fourth-order valence-corrected chi connectivity index (χ4v) is 11.8. The summed E-state index contributed by atoms with van der Waals surface area (Å²) in [5.74, 6) is -0.565. The van der Waals surface area contributed by atoms with E-state index in [9.17, 15) is 28.4 Å². The number of halogens is 1. The molecule has 20 heteroatoms. The first-order valence-electron chi connectivity index (χ1n) is 24.7. The molecule has 3 saturated heterocycles. The summed E-state index contributed by atoms with van der Waals surface area (Å²) in [7, 11) is -4.67. The number of piperazine rings is 1. The first-order chi connectivity index (χ1) is 34.6. The van der Waals surface area contributed by atoms with Crippen LogP contribution in [0.15, 0.2) is 89.5 Å². The van der Waals surface area contributed by atoms with Gasteiger partial charge in [-0.25, -0.2) is 13.1 Å². The number of aromatic nitrogens is 2. The highest BCUT2D eigenvalue weighted by molar-refractivity contribution is 7.90. The first kappa shape index (κ1) is 49.8. The SMILES string of the molecule is CC1(C)CC(c2ccc(Cl)cc2)=C2CN3CCN(c4ccc(C(=O)NS(=O)(=O)c5ccc(NCC6(O)CCOCC6)c([N+](=O)[O-])c5)c(N5CCCOc6nc7[nH]ccc7cc65)c4)C[C@H]3COCCCO[C@@H]2C1. The number of anilines is 4. The number of aromatic amines is 1. The van der Waals surface area contributed by atoms with Crippen molar-refractivity contribution >= 4 is 72.6 Å². The minimum absolute atomic E-state index is 0.00128. The number of pyridine rings is 1. The lowest BCUT2D eigenvalue weighted by molar-refractivity contribution is -0.384. The maximum Gasteiger partial charge on any atom is 0.293 e. The quantitative estimate of drug-likeness (QED) is 0.0780. The van der Waals surface area contributed by atoms with Crippen molar-refractivity contribution in [3.05, 3.63) is 111 Å². The molecule has 72 heavy (non-hydrogen) atoms. The third-order valence-electron chi connectivity index (χ3n) is 14.6. The molecule has 6 heterocycles. The number of amides is 1. The molecule has 2 aromatic heterocycles. The standard InChI is InChI=1S/C52H61ClN8O10S/c1-51(2)28-41(34-5-7-36(53)8-6-34)42-31-59-19-18-58(30-38(59)32-69-20-4-22-70-47(42)29-51)37-9-11-40(44(26-37)60-17-3-21-71-50-46(60)25-35-13-16-54-48(35)56-50)49(62)57-72(66,67)39-10-12-43(45(27-39)61(64)65)55-33-52(63)14-23-68-24-15-52/h5-13,16,25-27,38,47,55,63H,3-4,14-15,17-24,28-33H2,1-2H3,(H,54,56)(H,57,62)/t38-,47+/m0/s1. The lowest BCUT2D eigenvalue weighted by Crippen LogP contribution is -2.56. The van der Waals surface area contributed by atoms with Crippen LogP contribution in [-0.2, 0) is 24.2 Å². The zero-order valence-corrected chi connectivity index (χ0v) is 42.1. The van der Waals surface area contributed by atoms with Crippen LogP contribution >= 0.6 is 11.6 Å². The van der Waals surface area contributed by atoms with Crippen molar-refractivity contribution in [2.24, 2.45) is 5.41 Å². The average Bonchev–Trinajstić information content (AvgIpc) is 3.71. The highest BCUT2D eigenvalue weighted by Gasteiger charge is 2.39. The summed E-state index contributed by atoms with van der Waals surface area (Å²) in [4.78, 5) is 40.4. The van der Waals surface area contributed by atoms with Crippen LogP contribution in [0.5, 0.6) is 5.88 Å². The summed E-state index contributed by atoms with van der Waals surface area (Å²) in [6, 6.07) is 20.7. The van der Waals surface area contributed by atoms with Crippen LogP contribution in [0.3, 0.4) is 0 Å². The Morgan fingerprint density at radius 2 is 1.78 bits per heavy atom. The van der Waals surface area contributed by atoms with Crippen molar-refractivity contribution in [3.8, 4) is 5.88 Å². The van der Waals surface area contributed by atoms with E-state index in [4.69, 9.17) is 35.5 Å². The van der Waals surface area contributed by atoms with E-state index in [-0.39, 0.29) is 35.4 Å². The van der Waals surface area contributed by atoms with Crippen LogP contribution in [-0.4, -0.2) is 136 Å². The van der Waals surface area contributed by atoms with Crippen LogP contribution in [0, 0.1) is 15.5 Å². The van der Waals surface area contributed by atoms with E-state index >= 15 is 0 Å². The minimum Gasteiger partial charge on any atom is -0.476 e. The number of nitro benzene ring substituents is 1. The molecule has 10 rings (SSSR count). The Bertz CT molecular complexity index is 2980. The number of nitrogens with zero attached hydrogens (tertiary/aromatic N) is 5. The summed E-state index contributed by atoms with van der Waals surface area (Å²) in [5, 5.41) is 27.7. The molecule has 3 fully saturated rings. The lowest BCUT2D eigenvalue weighted by atomic mass is 9.71. The zero-order chi connectivity index (χ0) is 50.2. The van der Waals surface area contributed by atoms with Crippen LogP contribution < -0.4 is 24.6 Å². The molecule has 0 saturated carbocycles. The van der Waals surface area contributed by atoms with Gasteiger partial charge < -0.3 is 44.2 Å². The van der Waals surface area contributed by atoms with Crippen LogP contribution in [0.2, 0.25) is 5.02 Å². The van der Waals surface area contributed by atoms with Crippen molar-refractivity contribution in [2.75, 3.05) is 94.0 Å². The lowest BCUT2D eigenvalue weighted by Gasteiger charge is -2.45. The number of aliphatic hydroxyl groups is 1. The number of ether oxygens (including phenoxy) is 4. The number of H-pyrrole nitrogens is 1. The summed E-state index contributed by atoms with van der Waals surface area (Å²) in [6.45, 7) is 10.4. The third-order valence-corrected chi connectivity index (χ3v) is 16.1. The summed E-state index contributed by atoms with van der Waals surface area (Å²) in [5.41, 5.74) is 4.71. The molecule has 4 N–H and O–H groups in total. The second-order valence-electron chi connectivity index (χ2n) is 20.3. The van der Waals surface area contributed by atoms with Gasteiger partial charge in [0.25, 0.3) is 21.6 Å². The fourth-order valence-electron chi connectivity index (χ4n) is 10.6. The monoisotopic (exact) mass is 1020 g/mol. The second-order valence-corrected chi connectivity index (χ2v) is 22.4. The van der Waals surface area contributed by atoms with Crippen molar-refractivity contribution in [3.63, 3.8) is 0 Å². The van der Waals surface area contributed by atoms with E-state index in [0.717, 1.165) is 42.0 Å². The molecule has 0 bridgehead atoms.